The largest absolute Gasteiger partial charge is 0.361 e. The fraction of sp³-hybridized carbons (Fsp3) is 0.429. The molecule has 0 spiro atoms. The van der Waals surface area contributed by atoms with Crippen LogP contribution in [-0.4, -0.2) is 42.1 Å². The highest BCUT2D eigenvalue weighted by atomic mass is 32.1. The third kappa shape index (κ3) is 5.63. The summed E-state index contributed by atoms with van der Waals surface area (Å²) in [4.78, 5) is 14.1. The molecule has 0 saturated carbocycles. The molecule has 0 radical (unpaired) electrons. The molecule has 1 aromatic carbocycles. The van der Waals surface area contributed by atoms with Crippen molar-refractivity contribution >= 4 is 23.2 Å². The number of carbonyl (C=O) groups is 1. The van der Waals surface area contributed by atoms with E-state index in [1.54, 1.807) is 0 Å². The van der Waals surface area contributed by atoms with Crippen LogP contribution in [0, 0.1) is 5.82 Å². The van der Waals surface area contributed by atoms with Gasteiger partial charge in [-0.1, -0.05) is 13.8 Å². The zero-order valence-corrected chi connectivity index (χ0v) is 12.6. The van der Waals surface area contributed by atoms with Crippen LogP contribution in [0.15, 0.2) is 24.3 Å². The van der Waals surface area contributed by atoms with Crippen LogP contribution in [0.3, 0.4) is 0 Å². The maximum Gasteiger partial charge on any atom is 0.257 e. The number of rotatable bonds is 6. The van der Waals surface area contributed by atoms with Gasteiger partial charge in [0.15, 0.2) is 5.11 Å². The summed E-state index contributed by atoms with van der Waals surface area (Å²) < 4.78 is 12.7. The second kappa shape index (κ2) is 8.60. The molecular weight excluding hydrogens is 277 g/mol. The van der Waals surface area contributed by atoms with Gasteiger partial charge in [-0.25, -0.2) is 4.39 Å². The first-order chi connectivity index (χ1) is 9.56. The summed E-state index contributed by atoms with van der Waals surface area (Å²) in [5.41, 5.74) is 0.374. The van der Waals surface area contributed by atoms with Crippen molar-refractivity contribution in [2.24, 2.45) is 0 Å². The zero-order chi connectivity index (χ0) is 15.0. The van der Waals surface area contributed by atoms with Crippen molar-refractivity contribution in [2.75, 3.05) is 26.2 Å². The Labute approximate surface area is 124 Å². The Kier molecular flexibility index (Phi) is 7.11. The highest BCUT2D eigenvalue weighted by Gasteiger charge is 2.07. The third-order valence-electron chi connectivity index (χ3n) is 2.94. The average Bonchev–Trinajstić information content (AvgIpc) is 2.44. The van der Waals surface area contributed by atoms with E-state index in [1.165, 1.54) is 24.3 Å². The van der Waals surface area contributed by atoms with E-state index in [-0.39, 0.29) is 16.8 Å². The van der Waals surface area contributed by atoms with Gasteiger partial charge < -0.3 is 10.2 Å². The Morgan fingerprint density at radius 1 is 1.25 bits per heavy atom. The van der Waals surface area contributed by atoms with Gasteiger partial charge in [0.1, 0.15) is 5.82 Å². The third-order valence-corrected chi connectivity index (χ3v) is 3.19. The molecule has 0 fully saturated rings. The van der Waals surface area contributed by atoms with Crippen molar-refractivity contribution in [3.63, 3.8) is 0 Å². The molecule has 0 atom stereocenters. The van der Waals surface area contributed by atoms with Crippen LogP contribution in [0.1, 0.15) is 24.2 Å². The van der Waals surface area contributed by atoms with Gasteiger partial charge in [0.25, 0.3) is 5.91 Å². The second-order valence-corrected chi connectivity index (χ2v) is 4.65. The first-order valence-corrected chi connectivity index (χ1v) is 7.04. The van der Waals surface area contributed by atoms with Crippen molar-refractivity contribution in [1.82, 2.24) is 15.5 Å². The molecule has 0 saturated heterocycles. The van der Waals surface area contributed by atoms with Crippen molar-refractivity contribution in [3.8, 4) is 0 Å². The molecular formula is C14H20FN3OS. The molecule has 0 unspecified atom stereocenters. The van der Waals surface area contributed by atoms with E-state index in [0.29, 0.717) is 12.1 Å². The lowest BCUT2D eigenvalue weighted by Gasteiger charge is -2.18. The van der Waals surface area contributed by atoms with Crippen molar-refractivity contribution < 1.29 is 9.18 Å². The molecule has 1 aromatic rings. The Bertz CT molecular complexity index is 446. The van der Waals surface area contributed by atoms with Crippen molar-refractivity contribution in [2.45, 2.75) is 13.8 Å². The van der Waals surface area contributed by atoms with Crippen LogP contribution in [-0.2, 0) is 0 Å². The minimum absolute atomic E-state index is 0.284. The quantitative estimate of drug-likeness (QED) is 0.786. The van der Waals surface area contributed by atoms with Crippen LogP contribution in [0.5, 0.6) is 0 Å². The smallest absolute Gasteiger partial charge is 0.257 e. The summed E-state index contributed by atoms with van der Waals surface area (Å²) in [5, 5.41) is 5.83. The van der Waals surface area contributed by atoms with Gasteiger partial charge in [0.05, 0.1) is 0 Å². The number of nitrogens with one attached hydrogen (secondary N) is 2. The lowest BCUT2D eigenvalue weighted by atomic mass is 10.2. The van der Waals surface area contributed by atoms with Crippen molar-refractivity contribution in [1.29, 1.82) is 0 Å². The van der Waals surface area contributed by atoms with Crippen LogP contribution in [0.25, 0.3) is 0 Å². The summed E-state index contributed by atoms with van der Waals surface area (Å²) in [6, 6.07) is 5.32. The van der Waals surface area contributed by atoms with Gasteiger partial charge in [0, 0.05) is 18.7 Å². The highest BCUT2D eigenvalue weighted by molar-refractivity contribution is 7.80. The summed E-state index contributed by atoms with van der Waals surface area (Å²) >= 11 is 5.04. The molecule has 0 aliphatic rings. The molecule has 20 heavy (non-hydrogen) atoms. The molecule has 1 rings (SSSR count). The minimum atomic E-state index is -0.374. The van der Waals surface area contributed by atoms with Crippen molar-refractivity contribution in [3.05, 3.63) is 35.6 Å². The summed E-state index contributed by atoms with van der Waals surface area (Å²) in [7, 11) is 0. The zero-order valence-electron chi connectivity index (χ0n) is 11.8. The number of benzene rings is 1. The average molecular weight is 297 g/mol. The minimum Gasteiger partial charge on any atom is -0.361 e. The van der Waals surface area contributed by atoms with E-state index in [0.717, 1.165) is 19.6 Å². The van der Waals surface area contributed by atoms with E-state index in [9.17, 15) is 9.18 Å². The van der Waals surface area contributed by atoms with E-state index in [1.807, 2.05) is 0 Å². The van der Waals surface area contributed by atoms with Gasteiger partial charge in [-0.05, 0) is 49.6 Å². The number of likely N-dealkylation sites (N-methyl/N-ethyl adjacent to an activating group) is 1. The maximum atomic E-state index is 12.7. The van der Waals surface area contributed by atoms with E-state index >= 15 is 0 Å². The molecule has 0 aliphatic carbocycles. The molecule has 110 valence electrons. The summed E-state index contributed by atoms with van der Waals surface area (Å²) in [5.74, 6) is -0.716. The number of amides is 1. The van der Waals surface area contributed by atoms with Gasteiger partial charge >= 0.3 is 0 Å². The van der Waals surface area contributed by atoms with Gasteiger partial charge in [-0.15, -0.1) is 0 Å². The van der Waals surface area contributed by atoms with Crippen LogP contribution < -0.4 is 10.6 Å². The second-order valence-electron chi connectivity index (χ2n) is 4.24. The molecule has 0 heterocycles. The molecule has 6 heteroatoms. The Hall–Kier alpha value is -1.53. The number of hydrogen-bond acceptors (Lipinski definition) is 3. The van der Waals surface area contributed by atoms with Gasteiger partial charge in [-0.2, -0.15) is 0 Å². The molecule has 4 nitrogen and oxygen atoms in total. The fourth-order valence-electron chi connectivity index (χ4n) is 1.69. The number of nitrogens with zero attached hydrogens (tertiary/aromatic N) is 1. The van der Waals surface area contributed by atoms with E-state index < -0.39 is 0 Å². The molecule has 0 bridgehead atoms. The number of carbonyl (C=O) groups excluding carboxylic acids is 1. The molecule has 0 aromatic heterocycles. The predicted molar refractivity (Wildman–Crippen MR) is 82.3 cm³/mol. The normalized spacial score (nSPS) is 10.4. The van der Waals surface area contributed by atoms with Crippen LogP contribution in [0.2, 0.25) is 0 Å². The van der Waals surface area contributed by atoms with E-state index in [4.69, 9.17) is 12.2 Å². The SMILES string of the molecule is CCN(CC)CCNC(=S)NC(=O)c1ccc(F)cc1. The Balaban J connectivity index is 2.35. The Morgan fingerprint density at radius 2 is 1.85 bits per heavy atom. The highest BCUT2D eigenvalue weighted by Crippen LogP contribution is 2.02. The summed E-state index contributed by atoms with van der Waals surface area (Å²) in [6.07, 6.45) is 0. The number of halogens is 1. The lowest BCUT2D eigenvalue weighted by molar-refractivity contribution is 0.0976. The fourth-order valence-corrected chi connectivity index (χ4v) is 1.88. The maximum absolute atomic E-state index is 12.7. The van der Waals surface area contributed by atoms with E-state index in [2.05, 4.69) is 29.4 Å². The number of thiocarbonyl (C=S) groups is 1. The molecule has 2 N–H and O–H groups in total. The summed E-state index contributed by atoms with van der Waals surface area (Å²) in [6.45, 7) is 7.68. The van der Waals surface area contributed by atoms with Crippen LogP contribution >= 0.6 is 12.2 Å². The molecule has 1 amide bonds. The lowest BCUT2D eigenvalue weighted by Crippen LogP contribution is -2.42. The van der Waals surface area contributed by atoms with Gasteiger partial charge in [0.2, 0.25) is 0 Å². The van der Waals surface area contributed by atoms with Gasteiger partial charge in [-0.3, -0.25) is 10.1 Å². The van der Waals surface area contributed by atoms with Crippen LogP contribution in [0.4, 0.5) is 4.39 Å². The first kappa shape index (κ1) is 16.5. The number of hydrogen-bond donors (Lipinski definition) is 2. The topological polar surface area (TPSA) is 44.4 Å². The predicted octanol–water partition coefficient (Wildman–Crippen LogP) is 1.77. The first-order valence-electron chi connectivity index (χ1n) is 6.64. The molecule has 0 aliphatic heterocycles. The monoisotopic (exact) mass is 297 g/mol. The Morgan fingerprint density at radius 3 is 2.40 bits per heavy atom. The standard InChI is InChI=1S/C14H20FN3OS/c1-3-18(4-2)10-9-16-14(20)17-13(19)11-5-7-12(15)8-6-11/h5-8H,3-4,9-10H2,1-2H3,(H2,16,17,19,20).